The molecule has 0 aliphatic rings. The monoisotopic (exact) mass is 437 g/mol. The lowest BCUT2D eigenvalue weighted by Gasteiger charge is -2.15. The standard InChI is InChI=1S/C21H16ClN5O2S/c1-10-14(20(29)27-13-4-2-12(22)3-5-13)15(11-6-8-25-9-7-11)16-17(23)18(19(24)28)30-21(16)26-10/h2-9H,23H2,1H3,(H2,24,28)(H,27,29). The first-order valence-electron chi connectivity index (χ1n) is 8.86. The summed E-state index contributed by atoms with van der Waals surface area (Å²) >= 11 is 7.04. The highest BCUT2D eigenvalue weighted by atomic mass is 35.5. The first-order chi connectivity index (χ1) is 14.4. The Balaban J connectivity index is 1.97. The molecular weight excluding hydrogens is 422 g/mol. The Kier molecular flexibility index (Phi) is 5.11. The fourth-order valence-electron chi connectivity index (χ4n) is 3.26. The minimum atomic E-state index is -0.638. The number of fused-ring (bicyclic) bond motifs is 1. The summed E-state index contributed by atoms with van der Waals surface area (Å²) in [5, 5.41) is 3.95. The van der Waals surface area contributed by atoms with Gasteiger partial charge in [0.2, 0.25) is 0 Å². The molecule has 0 unspecified atom stereocenters. The highest BCUT2D eigenvalue weighted by Crippen LogP contribution is 2.42. The number of thiophene rings is 1. The summed E-state index contributed by atoms with van der Waals surface area (Å²) in [6.07, 6.45) is 3.24. The molecule has 5 N–H and O–H groups in total. The summed E-state index contributed by atoms with van der Waals surface area (Å²) in [4.78, 5) is 34.4. The second kappa shape index (κ2) is 7.74. The quantitative estimate of drug-likeness (QED) is 0.440. The number of halogens is 1. The number of amides is 2. The molecule has 4 aromatic rings. The largest absolute Gasteiger partial charge is 0.397 e. The number of benzene rings is 1. The molecule has 0 radical (unpaired) electrons. The molecule has 2 amide bonds. The second-order valence-electron chi connectivity index (χ2n) is 6.53. The Morgan fingerprint density at radius 2 is 1.77 bits per heavy atom. The molecule has 30 heavy (non-hydrogen) atoms. The lowest BCUT2D eigenvalue weighted by atomic mass is 9.95. The van der Waals surface area contributed by atoms with Gasteiger partial charge in [-0.1, -0.05) is 11.6 Å². The molecule has 3 heterocycles. The number of hydrogen-bond acceptors (Lipinski definition) is 6. The van der Waals surface area contributed by atoms with Crippen molar-refractivity contribution in [3.05, 3.63) is 69.9 Å². The molecule has 0 saturated heterocycles. The number of aryl methyl sites for hydroxylation is 1. The first kappa shape index (κ1) is 19.8. The van der Waals surface area contributed by atoms with Gasteiger partial charge in [0.15, 0.2) is 0 Å². The molecule has 0 fully saturated rings. The van der Waals surface area contributed by atoms with Crippen molar-refractivity contribution < 1.29 is 9.59 Å². The van der Waals surface area contributed by atoms with Gasteiger partial charge in [0.1, 0.15) is 9.71 Å². The Labute approximate surface area is 180 Å². The number of nitrogens with zero attached hydrogens (tertiary/aromatic N) is 2. The van der Waals surface area contributed by atoms with E-state index in [9.17, 15) is 9.59 Å². The number of carbonyl (C=O) groups excluding carboxylic acids is 2. The van der Waals surface area contributed by atoms with Crippen molar-refractivity contribution in [2.45, 2.75) is 6.92 Å². The van der Waals surface area contributed by atoms with Gasteiger partial charge in [-0.05, 0) is 48.9 Å². The molecule has 0 aliphatic carbocycles. The van der Waals surface area contributed by atoms with Gasteiger partial charge < -0.3 is 16.8 Å². The van der Waals surface area contributed by atoms with Crippen LogP contribution in [0.15, 0.2) is 48.8 Å². The third kappa shape index (κ3) is 3.47. The van der Waals surface area contributed by atoms with Gasteiger partial charge >= 0.3 is 0 Å². The van der Waals surface area contributed by atoms with Crippen molar-refractivity contribution in [2.24, 2.45) is 5.73 Å². The van der Waals surface area contributed by atoms with Crippen LogP contribution in [0.2, 0.25) is 5.02 Å². The average Bonchev–Trinajstić information content (AvgIpc) is 3.05. The van der Waals surface area contributed by atoms with Crippen LogP contribution in [-0.4, -0.2) is 21.8 Å². The van der Waals surface area contributed by atoms with Gasteiger partial charge in [-0.2, -0.15) is 0 Å². The van der Waals surface area contributed by atoms with Gasteiger partial charge in [-0.25, -0.2) is 4.98 Å². The number of rotatable bonds is 4. The summed E-state index contributed by atoms with van der Waals surface area (Å²) in [5.41, 5.74) is 14.7. The van der Waals surface area contributed by atoms with E-state index in [1.807, 2.05) is 0 Å². The second-order valence-corrected chi connectivity index (χ2v) is 7.97. The Hall–Kier alpha value is -3.49. The first-order valence-corrected chi connectivity index (χ1v) is 10.1. The highest BCUT2D eigenvalue weighted by Gasteiger charge is 2.26. The summed E-state index contributed by atoms with van der Waals surface area (Å²) in [6.45, 7) is 1.74. The van der Waals surface area contributed by atoms with E-state index in [0.717, 1.165) is 16.9 Å². The van der Waals surface area contributed by atoms with Crippen LogP contribution in [0.25, 0.3) is 21.3 Å². The fourth-order valence-corrected chi connectivity index (χ4v) is 4.39. The average molecular weight is 438 g/mol. The number of nitrogen functional groups attached to an aromatic ring is 1. The summed E-state index contributed by atoms with van der Waals surface area (Å²) in [7, 11) is 0. The molecule has 1 aromatic carbocycles. The number of hydrogen-bond donors (Lipinski definition) is 3. The van der Waals surface area contributed by atoms with Gasteiger partial charge in [-0.15, -0.1) is 11.3 Å². The molecule has 0 aliphatic heterocycles. The van der Waals surface area contributed by atoms with Gasteiger partial charge in [0.25, 0.3) is 11.8 Å². The van der Waals surface area contributed by atoms with Crippen molar-refractivity contribution in [1.82, 2.24) is 9.97 Å². The summed E-state index contributed by atoms with van der Waals surface area (Å²) < 4.78 is 0. The zero-order chi connectivity index (χ0) is 21.4. The Morgan fingerprint density at radius 1 is 1.10 bits per heavy atom. The molecule has 4 rings (SSSR count). The number of aromatic nitrogens is 2. The molecule has 0 atom stereocenters. The van der Waals surface area contributed by atoms with Crippen LogP contribution in [0.4, 0.5) is 11.4 Å². The summed E-state index contributed by atoms with van der Waals surface area (Å²) in [6, 6.07) is 10.3. The molecule has 7 nitrogen and oxygen atoms in total. The van der Waals surface area contributed by atoms with Crippen molar-refractivity contribution >= 4 is 56.3 Å². The van der Waals surface area contributed by atoms with E-state index in [4.69, 9.17) is 23.1 Å². The fraction of sp³-hybridized carbons (Fsp3) is 0.0476. The van der Waals surface area contributed by atoms with E-state index in [1.165, 1.54) is 0 Å². The van der Waals surface area contributed by atoms with E-state index < -0.39 is 5.91 Å². The lowest BCUT2D eigenvalue weighted by Crippen LogP contribution is -2.16. The SMILES string of the molecule is Cc1nc2sc(C(N)=O)c(N)c2c(-c2ccncc2)c1C(=O)Nc1ccc(Cl)cc1. The van der Waals surface area contributed by atoms with E-state index in [-0.39, 0.29) is 16.5 Å². The Bertz CT molecular complexity index is 1290. The van der Waals surface area contributed by atoms with Gasteiger partial charge in [0.05, 0.1) is 16.9 Å². The topological polar surface area (TPSA) is 124 Å². The smallest absolute Gasteiger partial charge is 0.260 e. The minimum absolute atomic E-state index is 0.211. The van der Waals surface area contributed by atoms with Crippen LogP contribution in [0, 0.1) is 6.92 Å². The van der Waals surface area contributed by atoms with Crippen molar-refractivity contribution in [3.8, 4) is 11.1 Å². The lowest BCUT2D eigenvalue weighted by molar-refractivity contribution is 0.100. The molecular formula is C21H16ClN5O2S. The summed E-state index contributed by atoms with van der Waals surface area (Å²) in [5.74, 6) is -0.997. The third-order valence-electron chi connectivity index (χ3n) is 4.58. The predicted octanol–water partition coefficient (Wildman–Crippen LogP) is 4.25. The Morgan fingerprint density at radius 3 is 2.40 bits per heavy atom. The maximum atomic E-state index is 13.3. The van der Waals surface area contributed by atoms with Crippen LogP contribution >= 0.6 is 22.9 Å². The van der Waals surface area contributed by atoms with Crippen LogP contribution in [0.5, 0.6) is 0 Å². The van der Waals surface area contributed by atoms with Crippen molar-refractivity contribution in [2.75, 3.05) is 11.1 Å². The van der Waals surface area contributed by atoms with Crippen molar-refractivity contribution in [3.63, 3.8) is 0 Å². The molecule has 0 spiro atoms. The van der Waals surface area contributed by atoms with Crippen LogP contribution in [0.3, 0.4) is 0 Å². The molecule has 0 bridgehead atoms. The number of nitrogens with one attached hydrogen (secondary N) is 1. The third-order valence-corrected chi connectivity index (χ3v) is 5.95. The number of pyridine rings is 2. The van der Waals surface area contributed by atoms with E-state index in [2.05, 4.69) is 15.3 Å². The number of carbonyl (C=O) groups is 2. The highest BCUT2D eigenvalue weighted by molar-refractivity contribution is 7.21. The van der Waals surface area contributed by atoms with Crippen LogP contribution < -0.4 is 16.8 Å². The number of primary amides is 1. The van der Waals surface area contributed by atoms with Gasteiger partial charge in [0, 0.05) is 34.1 Å². The number of anilines is 2. The number of nitrogens with two attached hydrogens (primary N) is 2. The zero-order valence-corrected chi connectivity index (χ0v) is 17.3. The van der Waals surface area contributed by atoms with Crippen LogP contribution in [0.1, 0.15) is 25.7 Å². The minimum Gasteiger partial charge on any atom is -0.397 e. The van der Waals surface area contributed by atoms with E-state index in [0.29, 0.717) is 37.7 Å². The molecule has 3 aromatic heterocycles. The van der Waals surface area contributed by atoms with E-state index in [1.54, 1.807) is 55.7 Å². The zero-order valence-electron chi connectivity index (χ0n) is 15.8. The molecule has 0 saturated carbocycles. The predicted molar refractivity (Wildman–Crippen MR) is 120 cm³/mol. The molecule has 9 heteroatoms. The van der Waals surface area contributed by atoms with Gasteiger partial charge in [-0.3, -0.25) is 14.6 Å². The van der Waals surface area contributed by atoms with Crippen LogP contribution in [-0.2, 0) is 0 Å². The maximum absolute atomic E-state index is 13.3. The maximum Gasteiger partial charge on any atom is 0.260 e. The normalized spacial score (nSPS) is 10.9. The van der Waals surface area contributed by atoms with Crippen molar-refractivity contribution in [1.29, 1.82) is 0 Å². The molecule has 150 valence electrons. The van der Waals surface area contributed by atoms with E-state index >= 15 is 0 Å².